The number of non-ortho nitro benzene ring substituents is 1. The third-order valence-corrected chi connectivity index (χ3v) is 3.47. The zero-order valence-electron chi connectivity index (χ0n) is 13.3. The molecule has 0 aromatic heterocycles. The smallest absolute Gasteiger partial charge is 0.269 e. The minimum absolute atomic E-state index is 0.0641. The van der Waals surface area contributed by atoms with Crippen LogP contribution < -0.4 is 11.5 Å². The highest BCUT2D eigenvalue weighted by atomic mass is 16.6. The number of hydrogen-bond donors (Lipinski definition) is 3. The molecule has 0 fully saturated rings. The summed E-state index contributed by atoms with van der Waals surface area (Å²) in [7, 11) is 0. The van der Waals surface area contributed by atoms with Crippen LogP contribution in [0.3, 0.4) is 0 Å². The maximum Gasteiger partial charge on any atom is 0.269 e. The van der Waals surface area contributed by atoms with Crippen LogP contribution in [0, 0.1) is 10.1 Å². The lowest BCUT2D eigenvalue weighted by Gasteiger charge is -2.28. The molecule has 0 amide bonds. The van der Waals surface area contributed by atoms with Gasteiger partial charge in [-0.3, -0.25) is 15.0 Å². The first-order valence-corrected chi connectivity index (χ1v) is 7.46. The number of benzene rings is 1. The average molecular weight is 320 g/mol. The molecule has 0 spiro atoms. The molecule has 7 heteroatoms. The van der Waals surface area contributed by atoms with E-state index < -0.39 is 4.92 Å². The van der Waals surface area contributed by atoms with Crippen molar-refractivity contribution in [2.75, 3.05) is 25.4 Å². The van der Waals surface area contributed by atoms with Gasteiger partial charge in [-0.15, -0.1) is 0 Å². The van der Waals surface area contributed by atoms with Crippen molar-refractivity contribution in [3.05, 3.63) is 58.3 Å². The van der Waals surface area contributed by atoms with Crippen LogP contribution in [0.1, 0.15) is 13.3 Å². The standard InChI is InChI=1S/C10H18N2O.C6H6N2O2/c1-2-12(7-8-13)10-5-3-9(11)4-6-10;7-5-1-3-6(4-2-5)8(9)10/h3-5,10,13H,2,6-8,11H2,1H3;1-4H,7H2. The molecule has 0 aliphatic heterocycles. The molecule has 0 saturated carbocycles. The fourth-order valence-electron chi connectivity index (χ4n) is 2.18. The Morgan fingerprint density at radius 2 is 2.00 bits per heavy atom. The van der Waals surface area contributed by atoms with Crippen molar-refractivity contribution in [2.45, 2.75) is 19.4 Å². The number of hydrogen-bond acceptors (Lipinski definition) is 6. The molecular formula is C16H24N4O3. The zero-order valence-corrected chi connectivity index (χ0v) is 13.3. The highest BCUT2D eigenvalue weighted by Gasteiger charge is 2.14. The first kappa shape index (κ1) is 18.7. The fraction of sp³-hybridized carbons (Fsp3) is 0.375. The minimum atomic E-state index is -0.459. The number of nitrogens with zero attached hydrogens (tertiary/aromatic N) is 2. The molecule has 5 N–H and O–H groups in total. The number of nitrogens with two attached hydrogens (primary N) is 2. The minimum Gasteiger partial charge on any atom is -0.399 e. The Labute approximate surface area is 136 Å². The average Bonchev–Trinajstić information content (AvgIpc) is 2.54. The number of nitro benzene ring substituents is 1. The first-order valence-electron chi connectivity index (χ1n) is 7.46. The van der Waals surface area contributed by atoms with Crippen LogP contribution in [-0.2, 0) is 0 Å². The van der Waals surface area contributed by atoms with Crippen LogP contribution in [0.15, 0.2) is 48.2 Å². The predicted molar refractivity (Wildman–Crippen MR) is 91.7 cm³/mol. The second-order valence-electron chi connectivity index (χ2n) is 5.07. The van der Waals surface area contributed by atoms with E-state index in [2.05, 4.69) is 17.9 Å². The van der Waals surface area contributed by atoms with Crippen molar-refractivity contribution in [1.82, 2.24) is 4.90 Å². The fourth-order valence-corrected chi connectivity index (χ4v) is 2.18. The van der Waals surface area contributed by atoms with Gasteiger partial charge in [-0.2, -0.15) is 0 Å². The summed E-state index contributed by atoms with van der Waals surface area (Å²) in [5.41, 5.74) is 12.4. The van der Waals surface area contributed by atoms with E-state index in [-0.39, 0.29) is 12.3 Å². The van der Waals surface area contributed by atoms with E-state index >= 15 is 0 Å². The topological polar surface area (TPSA) is 119 Å². The SMILES string of the molecule is CCN(CCO)C1C=CC(N)=CC1.Nc1ccc([N+](=O)[O-])cc1. The van der Waals surface area contributed by atoms with Crippen LogP contribution in [-0.4, -0.2) is 40.7 Å². The van der Waals surface area contributed by atoms with Gasteiger partial charge in [0.2, 0.25) is 0 Å². The monoisotopic (exact) mass is 320 g/mol. The van der Waals surface area contributed by atoms with E-state index in [1.165, 1.54) is 24.3 Å². The Kier molecular flexibility index (Phi) is 7.79. The van der Waals surface area contributed by atoms with Gasteiger partial charge in [0.1, 0.15) is 0 Å². The Morgan fingerprint density at radius 1 is 1.35 bits per heavy atom. The molecule has 23 heavy (non-hydrogen) atoms. The molecule has 1 atom stereocenters. The molecule has 1 aromatic rings. The van der Waals surface area contributed by atoms with Crippen molar-refractivity contribution < 1.29 is 10.0 Å². The van der Waals surface area contributed by atoms with Gasteiger partial charge < -0.3 is 16.6 Å². The number of aliphatic hydroxyl groups excluding tert-OH is 1. The second kappa shape index (κ2) is 9.60. The summed E-state index contributed by atoms with van der Waals surface area (Å²) in [4.78, 5) is 11.9. The van der Waals surface area contributed by atoms with Crippen molar-refractivity contribution in [3.8, 4) is 0 Å². The van der Waals surface area contributed by atoms with Crippen molar-refractivity contribution in [2.24, 2.45) is 5.73 Å². The van der Waals surface area contributed by atoms with Gasteiger partial charge in [0.05, 0.1) is 11.5 Å². The molecule has 0 radical (unpaired) electrons. The maximum atomic E-state index is 10.1. The summed E-state index contributed by atoms with van der Waals surface area (Å²) in [5, 5.41) is 18.9. The molecule has 1 aromatic carbocycles. The van der Waals surface area contributed by atoms with Gasteiger partial charge in [-0.25, -0.2) is 0 Å². The highest BCUT2D eigenvalue weighted by Crippen LogP contribution is 2.13. The Bertz CT molecular complexity index is 555. The van der Waals surface area contributed by atoms with Crippen molar-refractivity contribution >= 4 is 11.4 Å². The Hall–Kier alpha value is -2.38. The van der Waals surface area contributed by atoms with Crippen LogP contribution in [0.2, 0.25) is 0 Å². The Morgan fingerprint density at radius 3 is 2.43 bits per heavy atom. The number of aliphatic hydroxyl groups is 1. The maximum absolute atomic E-state index is 10.1. The highest BCUT2D eigenvalue weighted by molar-refractivity contribution is 5.44. The molecule has 0 bridgehead atoms. The summed E-state index contributed by atoms with van der Waals surface area (Å²) < 4.78 is 0. The molecule has 1 aliphatic carbocycles. The largest absolute Gasteiger partial charge is 0.399 e. The summed E-state index contributed by atoms with van der Waals surface area (Å²) >= 11 is 0. The molecule has 126 valence electrons. The van der Waals surface area contributed by atoms with E-state index in [0.717, 1.165) is 25.2 Å². The van der Waals surface area contributed by atoms with Gasteiger partial charge in [0.25, 0.3) is 5.69 Å². The molecule has 2 rings (SSSR count). The number of likely N-dealkylation sites (N-methyl/N-ethyl adjacent to an activating group) is 1. The summed E-state index contributed by atoms with van der Waals surface area (Å²) in [6, 6.07) is 6.14. The molecule has 0 heterocycles. The third-order valence-electron chi connectivity index (χ3n) is 3.47. The van der Waals surface area contributed by atoms with Gasteiger partial charge in [-0.05, 0) is 31.2 Å². The van der Waals surface area contributed by atoms with Crippen molar-refractivity contribution in [1.29, 1.82) is 0 Å². The van der Waals surface area contributed by atoms with Gasteiger partial charge in [0.15, 0.2) is 0 Å². The van der Waals surface area contributed by atoms with Gasteiger partial charge in [0, 0.05) is 36.1 Å². The van der Waals surface area contributed by atoms with Crippen molar-refractivity contribution in [3.63, 3.8) is 0 Å². The lowest BCUT2D eigenvalue weighted by molar-refractivity contribution is -0.384. The van der Waals surface area contributed by atoms with Crippen LogP contribution in [0.25, 0.3) is 0 Å². The van der Waals surface area contributed by atoms with Crippen LogP contribution >= 0.6 is 0 Å². The number of nitrogen functional groups attached to an aromatic ring is 1. The van der Waals surface area contributed by atoms with E-state index in [4.69, 9.17) is 16.6 Å². The molecular weight excluding hydrogens is 296 g/mol. The van der Waals surface area contributed by atoms with Crippen LogP contribution in [0.4, 0.5) is 11.4 Å². The number of allylic oxidation sites excluding steroid dienone is 1. The summed E-state index contributed by atoms with van der Waals surface area (Å²) in [5.74, 6) is 0. The molecule has 0 saturated heterocycles. The second-order valence-corrected chi connectivity index (χ2v) is 5.07. The third kappa shape index (κ3) is 6.50. The number of rotatable bonds is 5. The number of anilines is 1. The lowest BCUT2D eigenvalue weighted by atomic mass is 10.1. The van der Waals surface area contributed by atoms with E-state index in [0.29, 0.717) is 11.7 Å². The van der Waals surface area contributed by atoms with Gasteiger partial charge in [-0.1, -0.05) is 19.1 Å². The van der Waals surface area contributed by atoms with E-state index in [1.54, 1.807) is 0 Å². The predicted octanol–water partition coefficient (Wildman–Crippen LogP) is 1.65. The van der Waals surface area contributed by atoms with Gasteiger partial charge >= 0.3 is 0 Å². The Balaban J connectivity index is 0.000000238. The van der Waals surface area contributed by atoms with E-state index in [9.17, 15) is 10.1 Å². The molecule has 1 unspecified atom stereocenters. The first-order chi connectivity index (χ1) is 11.0. The molecule has 1 aliphatic rings. The summed E-state index contributed by atoms with van der Waals surface area (Å²) in [6.07, 6.45) is 7.03. The van der Waals surface area contributed by atoms with Crippen LogP contribution in [0.5, 0.6) is 0 Å². The summed E-state index contributed by atoms with van der Waals surface area (Å²) in [6.45, 7) is 4.02. The quantitative estimate of drug-likeness (QED) is 0.431. The lowest BCUT2D eigenvalue weighted by Crippen LogP contribution is -2.36. The normalized spacial score (nSPS) is 16.5. The zero-order chi connectivity index (χ0) is 17.2. The number of nitro groups is 1. The molecule has 7 nitrogen and oxygen atoms in total. The van der Waals surface area contributed by atoms with E-state index in [1.807, 2.05) is 12.2 Å².